The van der Waals surface area contributed by atoms with Gasteiger partial charge in [0.15, 0.2) is 0 Å². The summed E-state index contributed by atoms with van der Waals surface area (Å²) in [5.41, 5.74) is -1.97. The van der Waals surface area contributed by atoms with Crippen LogP contribution in [0.1, 0.15) is 27.2 Å². The van der Waals surface area contributed by atoms with Gasteiger partial charge in [0.1, 0.15) is 11.9 Å². The highest BCUT2D eigenvalue weighted by atomic mass is 16.3. The van der Waals surface area contributed by atoms with Gasteiger partial charge in [0, 0.05) is 24.9 Å². The van der Waals surface area contributed by atoms with E-state index in [0.717, 1.165) is 0 Å². The van der Waals surface area contributed by atoms with Gasteiger partial charge < -0.3 is 15.5 Å². The molecule has 0 aromatic carbocycles. The third kappa shape index (κ3) is 3.30. The number of amides is 1. The summed E-state index contributed by atoms with van der Waals surface area (Å²) in [7, 11) is 0. The molecule has 0 saturated carbocycles. The van der Waals surface area contributed by atoms with Crippen molar-refractivity contribution in [1.82, 2.24) is 19.7 Å². The standard InChI is InChI=1S/C18H23N7O3/c1-4-12-8-24(15(27)18(12,28)10-19)14-5-6-20-16(23-14)22-13-7-21-25(9-13)17(2,3)11-26/h5-7,9,12,26,28H,4,8,11H2,1-3H3,(H,20,22,23)/t12-,18-/m1/s1. The van der Waals surface area contributed by atoms with Crippen molar-refractivity contribution in [3.63, 3.8) is 0 Å². The zero-order chi connectivity index (χ0) is 20.5. The van der Waals surface area contributed by atoms with E-state index in [0.29, 0.717) is 17.9 Å². The van der Waals surface area contributed by atoms with Gasteiger partial charge in [0.2, 0.25) is 11.5 Å². The molecule has 28 heavy (non-hydrogen) atoms. The van der Waals surface area contributed by atoms with Crippen LogP contribution in [-0.4, -0.2) is 54.6 Å². The van der Waals surface area contributed by atoms with Gasteiger partial charge in [-0.1, -0.05) is 6.92 Å². The summed E-state index contributed by atoms with van der Waals surface area (Å²) in [4.78, 5) is 22.4. The lowest BCUT2D eigenvalue weighted by Crippen LogP contribution is -2.42. The summed E-state index contributed by atoms with van der Waals surface area (Å²) in [6.45, 7) is 5.65. The van der Waals surface area contributed by atoms with Crippen LogP contribution in [0.3, 0.4) is 0 Å². The second kappa shape index (κ2) is 7.18. The number of nitrogens with zero attached hydrogens (tertiary/aromatic N) is 6. The number of nitriles is 1. The van der Waals surface area contributed by atoms with Gasteiger partial charge in [-0.05, 0) is 26.3 Å². The van der Waals surface area contributed by atoms with Crippen LogP contribution in [0, 0.1) is 17.2 Å². The number of hydrogen-bond acceptors (Lipinski definition) is 8. The number of nitrogens with one attached hydrogen (secondary N) is 1. The quantitative estimate of drug-likeness (QED) is 0.620. The van der Waals surface area contributed by atoms with Crippen LogP contribution in [0.2, 0.25) is 0 Å². The van der Waals surface area contributed by atoms with Crippen LogP contribution in [0.15, 0.2) is 24.7 Å². The SMILES string of the molecule is CC[C@@H]1CN(c2ccnc(Nc3cnn(C(C)(C)CO)c3)n2)C(=O)[C@@]1(O)C#N. The van der Waals surface area contributed by atoms with Gasteiger partial charge in [-0.25, -0.2) is 4.98 Å². The van der Waals surface area contributed by atoms with E-state index in [9.17, 15) is 20.3 Å². The minimum absolute atomic E-state index is 0.0719. The molecular formula is C18H23N7O3. The molecule has 10 nitrogen and oxygen atoms in total. The number of aliphatic hydroxyl groups is 2. The second-order valence-corrected chi connectivity index (χ2v) is 7.41. The van der Waals surface area contributed by atoms with E-state index >= 15 is 0 Å². The van der Waals surface area contributed by atoms with Crippen molar-refractivity contribution in [3.8, 4) is 6.07 Å². The molecule has 1 amide bonds. The molecule has 0 unspecified atom stereocenters. The lowest BCUT2D eigenvalue weighted by atomic mass is 9.90. The number of anilines is 3. The summed E-state index contributed by atoms with van der Waals surface area (Å²) >= 11 is 0. The molecule has 0 spiro atoms. The van der Waals surface area contributed by atoms with E-state index in [-0.39, 0.29) is 19.1 Å². The Morgan fingerprint density at radius 3 is 2.86 bits per heavy atom. The predicted molar refractivity (Wildman–Crippen MR) is 101 cm³/mol. The maximum Gasteiger partial charge on any atom is 0.275 e. The molecule has 0 aliphatic carbocycles. The van der Waals surface area contributed by atoms with Crippen LogP contribution >= 0.6 is 0 Å². The molecule has 1 aliphatic heterocycles. The van der Waals surface area contributed by atoms with Crippen LogP contribution in [-0.2, 0) is 10.3 Å². The monoisotopic (exact) mass is 385 g/mol. The number of carbonyl (C=O) groups excluding carboxylic acids is 1. The van der Waals surface area contributed by atoms with E-state index in [1.165, 1.54) is 11.1 Å². The van der Waals surface area contributed by atoms with Gasteiger partial charge >= 0.3 is 0 Å². The summed E-state index contributed by atoms with van der Waals surface area (Å²) in [6, 6.07) is 3.29. The number of aromatic nitrogens is 4. The molecular weight excluding hydrogens is 362 g/mol. The molecule has 3 rings (SSSR count). The van der Waals surface area contributed by atoms with Gasteiger partial charge in [-0.2, -0.15) is 15.3 Å². The predicted octanol–water partition coefficient (Wildman–Crippen LogP) is 0.772. The molecule has 1 aliphatic rings. The minimum Gasteiger partial charge on any atom is -0.394 e. The fourth-order valence-electron chi connectivity index (χ4n) is 3.06. The van der Waals surface area contributed by atoms with E-state index < -0.39 is 23.0 Å². The molecule has 2 aromatic rings. The zero-order valence-electron chi connectivity index (χ0n) is 16.0. The van der Waals surface area contributed by atoms with Crippen molar-refractivity contribution in [3.05, 3.63) is 24.7 Å². The summed E-state index contributed by atoms with van der Waals surface area (Å²) in [6.07, 6.45) is 5.28. The number of aliphatic hydroxyl groups excluding tert-OH is 1. The Labute approximate surface area is 162 Å². The Balaban J connectivity index is 1.82. The smallest absolute Gasteiger partial charge is 0.275 e. The Kier molecular flexibility index (Phi) is 5.06. The lowest BCUT2D eigenvalue weighted by molar-refractivity contribution is -0.130. The molecule has 1 fully saturated rings. The lowest BCUT2D eigenvalue weighted by Gasteiger charge is -2.21. The Morgan fingerprint density at radius 2 is 2.25 bits per heavy atom. The van der Waals surface area contributed by atoms with Crippen LogP contribution in [0.5, 0.6) is 0 Å². The summed E-state index contributed by atoms with van der Waals surface area (Å²) in [5.74, 6) is -0.623. The first-order chi connectivity index (χ1) is 13.2. The van der Waals surface area contributed by atoms with Gasteiger partial charge in [-0.3, -0.25) is 14.4 Å². The molecule has 2 aromatic heterocycles. The number of rotatable bonds is 6. The number of carbonyl (C=O) groups is 1. The summed E-state index contributed by atoms with van der Waals surface area (Å²) in [5, 5.41) is 36.4. The minimum atomic E-state index is -2.04. The van der Waals surface area contributed by atoms with E-state index in [1.807, 2.05) is 20.8 Å². The first-order valence-electron chi connectivity index (χ1n) is 8.97. The van der Waals surface area contributed by atoms with E-state index in [2.05, 4.69) is 20.4 Å². The highest BCUT2D eigenvalue weighted by Gasteiger charge is 2.53. The fourth-order valence-corrected chi connectivity index (χ4v) is 3.06. The zero-order valence-corrected chi connectivity index (χ0v) is 16.0. The molecule has 0 bridgehead atoms. The van der Waals surface area contributed by atoms with E-state index in [4.69, 9.17) is 0 Å². The van der Waals surface area contributed by atoms with Gasteiger partial charge in [0.05, 0.1) is 24.0 Å². The third-order valence-electron chi connectivity index (χ3n) is 4.99. The Morgan fingerprint density at radius 1 is 1.50 bits per heavy atom. The summed E-state index contributed by atoms with van der Waals surface area (Å²) < 4.78 is 1.63. The topological polar surface area (TPSA) is 140 Å². The van der Waals surface area contributed by atoms with Crippen LogP contribution in [0.25, 0.3) is 0 Å². The van der Waals surface area contributed by atoms with Crippen LogP contribution in [0.4, 0.5) is 17.5 Å². The third-order valence-corrected chi connectivity index (χ3v) is 4.99. The first-order valence-corrected chi connectivity index (χ1v) is 8.97. The molecule has 10 heteroatoms. The Hall–Kier alpha value is -3.03. The Bertz CT molecular complexity index is 920. The van der Waals surface area contributed by atoms with Crippen molar-refractivity contribution < 1.29 is 15.0 Å². The normalized spacial score (nSPS) is 22.4. The van der Waals surface area contributed by atoms with Crippen molar-refractivity contribution >= 4 is 23.4 Å². The van der Waals surface area contributed by atoms with Crippen molar-refractivity contribution in [1.29, 1.82) is 5.26 Å². The second-order valence-electron chi connectivity index (χ2n) is 7.41. The van der Waals surface area contributed by atoms with E-state index in [1.54, 1.807) is 29.2 Å². The van der Waals surface area contributed by atoms with Crippen molar-refractivity contribution in [2.75, 3.05) is 23.4 Å². The maximum atomic E-state index is 12.6. The molecule has 148 valence electrons. The molecule has 1 saturated heterocycles. The van der Waals surface area contributed by atoms with Gasteiger partial charge in [0.25, 0.3) is 5.91 Å². The highest BCUT2D eigenvalue weighted by Crippen LogP contribution is 2.34. The molecule has 0 radical (unpaired) electrons. The van der Waals surface area contributed by atoms with Gasteiger partial charge in [-0.15, -0.1) is 0 Å². The molecule has 3 heterocycles. The molecule has 2 atom stereocenters. The average Bonchev–Trinajstić information content (AvgIpc) is 3.26. The average molecular weight is 385 g/mol. The number of hydrogen-bond donors (Lipinski definition) is 3. The van der Waals surface area contributed by atoms with Crippen LogP contribution < -0.4 is 10.2 Å². The molecule has 3 N–H and O–H groups in total. The highest BCUT2D eigenvalue weighted by molar-refractivity contribution is 6.03. The van der Waals surface area contributed by atoms with Crippen molar-refractivity contribution in [2.45, 2.75) is 38.3 Å². The first kappa shape index (κ1) is 19.7. The maximum absolute atomic E-state index is 12.6. The fraction of sp³-hybridized carbons (Fsp3) is 0.500. The van der Waals surface area contributed by atoms with Crippen molar-refractivity contribution in [2.24, 2.45) is 5.92 Å². The largest absolute Gasteiger partial charge is 0.394 e.